The van der Waals surface area contributed by atoms with E-state index >= 15 is 0 Å². The Kier molecular flexibility index (Phi) is 4.15. The van der Waals surface area contributed by atoms with Crippen LogP contribution < -0.4 is 5.32 Å². The van der Waals surface area contributed by atoms with Crippen molar-refractivity contribution < 1.29 is 4.79 Å². The van der Waals surface area contributed by atoms with Crippen molar-refractivity contribution in [2.24, 2.45) is 11.3 Å². The van der Waals surface area contributed by atoms with Crippen LogP contribution in [0, 0.1) is 11.3 Å². The summed E-state index contributed by atoms with van der Waals surface area (Å²) in [6.07, 6.45) is 4.92. The lowest BCUT2D eigenvalue weighted by atomic mass is 9.64. The smallest absolute Gasteiger partial charge is 0.319 e. The molecule has 1 N–H and O–H groups in total. The Morgan fingerprint density at radius 1 is 1.33 bits per heavy atom. The van der Waals surface area contributed by atoms with Crippen LogP contribution in [-0.2, 0) is 0 Å². The highest BCUT2D eigenvalue weighted by atomic mass is 16.2. The Morgan fingerprint density at radius 2 is 2.00 bits per heavy atom. The van der Waals surface area contributed by atoms with Gasteiger partial charge in [-0.3, -0.25) is 0 Å². The summed E-state index contributed by atoms with van der Waals surface area (Å²) in [5.74, 6) is 0.794. The minimum absolute atomic E-state index is 0.173. The maximum absolute atomic E-state index is 12.0. The highest BCUT2D eigenvalue weighted by Gasteiger charge is 2.42. The van der Waals surface area contributed by atoms with E-state index in [0.29, 0.717) is 5.41 Å². The summed E-state index contributed by atoms with van der Waals surface area (Å²) in [5.41, 5.74) is 0.503. The normalized spacial score (nSPS) is 27.3. The van der Waals surface area contributed by atoms with E-state index in [1.54, 1.807) is 4.90 Å². The number of hydrogen-bond acceptors (Lipinski definition) is 2. The van der Waals surface area contributed by atoms with Gasteiger partial charge in [0.25, 0.3) is 0 Å². The molecule has 1 unspecified atom stereocenters. The standard InChI is InChI=1S/C14H27N3O/c1-4-12-11-15-8-5-14(12)6-9-17(10-7-14)13(18)16(2)3/h12,15H,4-11H2,1-3H3. The molecule has 1 spiro atoms. The summed E-state index contributed by atoms with van der Waals surface area (Å²) < 4.78 is 0. The molecule has 104 valence electrons. The van der Waals surface area contributed by atoms with Crippen LogP contribution in [0.15, 0.2) is 0 Å². The van der Waals surface area contributed by atoms with Crippen molar-refractivity contribution >= 4 is 6.03 Å². The number of piperidine rings is 2. The minimum atomic E-state index is 0.173. The van der Waals surface area contributed by atoms with Gasteiger partial charge >= 0.3 is 6.03 Å². The average Bonchev–Trinajstić information content (AvgIpc) is 2.39. The third-order valence-corrected chi connectivity index (χ3v) is 4.96. The van der Waals surface area contributed by atoms with Gasteiger partial charge in [0.1, 0.15) is 0 Å². The van der Waals surface area contributed by atoms with Gasteiger partial charge in [-0.05, 0) is 43.7 Å². The summed E-state index contributed by atoms with van der Waals surface area (Å²) in [6, 6.07) is 0.173. The predicted molar refractivity (Wildman–Crippen MR) is 73.6 cm³/mol. The van der Waals surface area contributed by atoms with Crippen molar-refractivity contribution in [1.29, 1.82) is 0 Å². The first-order chi connectivity index (χ1) is 8.59. The molecular formula is C14H27N3O. The van der Waals surface area contributed by atoms with E-state index < -0.39 is 0 Å². The molecule has 1 atom stereocenters. The van der Waals surface area contributed by atoms with Crippen LogP contribution in [0.5, 0.6) is 0 Å². The number of amides is 2. The molecule has 0 aromatic rings. The molecule has 0 aromatic carbocycles. The van der Waals surface area contributed by atoms with Gasteiger partial charge < -0.3 is 15.1 Å². The maximum Gasteiger partial charge on any atom is 0.319 e. The molecule has 18 heavy (non-hydrogen) atoms. The molecule has 2 aliphatic heterocycles. The van der Waals surface area contributed by atoms with Crippen molar-refractivity contribution in [3.8, 4) is 0 Å². The third kappa shape index (κ3) is 2.48. The van der Waals surface area contributed by atoms with Crippen LogP contribution in [0.25, 0.3) is 0 Å². The zero-order valence-electron chi connectivity index (χ0n) is 12.0. The van der Waals surface area contributed by atoms with Gasteiger partial charge in [-0.1, -0.05) is 13.3 Å². The molecule has 0 aliphatic carbocycles. The molecule has 0 saturated carbocycles. The lowest BCUT2D eigenvalue weighted by Crippen LogP contribution is -2.53. The molecule has 0 bridgehead atoms. The Bertz CT molecular complexity index is 295. The molecule has 2 fully saturated rings. The zero-order chi connectivity index (χ0) is 13.2. The molecule has 0 aromatic heterocycles. The molecule has 2 heterocycles. The fourth-order valence-corrected chi connectivity index (χ4v) is 3.70. The number of urea groups is 1. The Hall–Kier alpha value is -0.770. The zero-order valence-corrected chi connectivity index (χ0v) is 12.0. The van der Waals surface area contributed by atoms with E-state index in [9.17, 15) is 4.79 Å². The number of carbonyl (C=O) groups is 1. The Labute approximate surface area is 111 Å². The van der Waals surface area contributed by atoms with Crippen LogP contribution in [0.1, 0.15) is 32.6 Å². The number of likely N-dealkylation sites (tertiary alicyclic amines) is 1. The highest BCUT2D eigenvalue weighted by molar-refractivity contribution is 5.73. The van der Waals surface area contributed by atoms with E-state index in [1.807, 2.05) is 19.0 Å². The quantitative estimate of drug-likeness (QED) is 0.773. The van der Waals surface area contributed by atoms with Gasteiger partial charge in [-0.25, -0.2) is 4.79 Å². The van der Waals surface area contributed by atoms with Crippen molar-refractivity contribution in [1.82, 2.24) is 15.1 Å². The monoisotopic (exact) mass is 253 g/mol. The number of rotatable bonds is 1. The SMILES string of the molecule is CCC1CNCCC12CCN(C(=O)N(C)C)CC2. The Morgan fingerprint density at radius 3 is 2.56 bits per heavy atom. The van der Waals surface area contributed by atoms with Gasteiger partial charge in [0, 0.05) is 27.2 Å². The lowest BCUT2D eigenvalue weighted by Gasteiger charge is -2.49. The first-order valence-corrected chi connectivity index (χ1v) is 7.26. The van der Waals surface area contributed by atoms with E-state index in [4.69, 9.17) is 0 Å². The van der Waals surface area contributed by atoms with Crippen molar-refractivity contribution in [2.75, 3.05) is 40.3 Å². The number of nitrogens with zero attached hydrogens (tertiary/aromatic N) is 2. The van der Waals surface area contributed by atoms with Crippen LogP contribution in [-0.4, -0.2) is 56.1 Å². The number of nitrogens with one attached hydrogen (secondary N) is 1. The summed E-state index contributed by atoms with van der Waals surface area (Å²) in [7, 11) is 3.68. The molecular weight excluding hydrogens is 226 g/mol. The van der Waals surface area contributed by atoms with Gasteiger partial charge in [0.05, 0.1) is 0 Å². The molecule has 2 rings (SSSR count). The van der Waals surface area contributed by atoms with Crippen molar-refractivity contribution in [3.05, 3.63) is 0 Å². The molecule has 2 saturated heterocycles. The van der Waals surface area contributed by atoms with Crippen molar-refractivity contribution in [2.45, 2.75) is 32.6 Å². The highest BCUT2D eigenvalue weighted by Crippen LogP contribution is 2.44. The third-order valence-electron chi connectivity index (χ3n) is 4.96. The topological polar surface area (TPSA) is 35.6 Å². The van der Waals surface area contributed by atoms with Gasteiger partial charge in [0.2, 0.25) is 0 Å². The second kappa shape index (κ2) is 5.47. The summed E-state index contributed by atoms with van der Waals surface area (Å²) in [4.78, 5) is 15.7. The van der Waals surface area contributed by atoms with Crippen LogP contribution in [0.4, 0.5) is 4.79 Å². The first-order valence-electron chi connectivity index (χ1n) is 7.26. The second-order valence-corrected chi connectivity index (χ2v) is 6.09. The number of carbonyl (C=O) groups excluding carboxylic acids is 1. The van der Waals surface area contributed by atoms with Crippen LogP contribution in [0.2, 0.25) is 0 Å². The molecule has 0 radical (unpaired) electrons. The van der Waals surface area contributed by atoms with E-state index in [1.165, 1.54) is 25.7 Å². The largest absolute Gasteiger partial charge is 0.331 e. The fraction of sp³-hybridized carbons (Fsp3) is 0.929. The fourth-order valence-electron chi connectivity index (χ4n) is 3.70. The summed E-state index contributed by atoms with van der Waals surface area (Å²) in [5, 5.41) is 3.52. The van der Waals surface area contributed by atoms with Gasteiger partial charge in [-0.2, -0.15) is 0 Å². The van der Waals surface area contributed by atoms with Gasteiger partial charge in [0.15, 0.2) is 0 Å². The minimum Gasteiger partial charge on any atom is -0.331 e. The molecule has 4 heteroatoms. The van der Waals surface area contributed by atoms with E-state index in [0.717, 1.165) is 32.1 Å². The molecule has 2 aliphatic rings. The van der Waals surface area contributed by atoms with E-state index in [2.05, 4.69) is 12.2 Å². The van der Waals surface area contributed by atoms with Crippen molar-refractivity contribution in [3.63, 3.8) is 0 Å². The lowest BCUT2D eigenvalue weighted by molar-refractivity contribution is 0.0281. The second-order valence-electron chi connectivity index (χ2n) is 6.09. The first kappa shape index (κ1) is 13.7. The summed E-state index contributed by atoms with van der Waals surface area (Å²) in [6.45, 7) is 6.49. The molecule has 2 amide bonds. The van der Waals surface area contributed by atoms with E-state index in [-0.39, 0.29) is 6.03 Å². The molecule has 4 nitrogen and oxygen atoms in total. The van der Waals surface area contributed by atoms with Gasteiger partial charge in [-0.15, -0.1) is 0 Å². The van der Waals surface area contributed by atoms with Crippen LogP contribution >= 0.6 is 0 Å². The predicted octanol–water partition coefficient (Wildman–Crippen LogP) is 1.77. The van der Waals surface area contributed by atoms with Crippen LogP contribution in [0.3, 0.4) is 0 Å². The Balaban J connectivity index is 1.97. The number of hydrogen-bond donors (Lipinski definition) is 1. The average molecular weight is 253 g/mol. The maximum atomic E-state index is 12.0. The summed E-state index contributed by atoms with van der Waals surface area (Å²) >= 11 is 0.